The summed E-state index contributed by atoms with van der Waals surface area (Å²) in [5, 5.41) is 2.72. The highest BCUT2D eigenvalue weighted by Crippen LogP contribution is 2.37. The highest BCUT2D eigenvalue weighted by atomic mass is 32.2. The summed E-state index contributed by atoms with van der Waals surface area (Å²) in [7, 11) is 0. The zero-order valence-corrected chi connectivity index (χ0v) is 16.7. The molecule has 1 saturated heterocycles. The number of aromatic nitrogens is 2. The van der Waals surface area contributed by atoms with Crippen molar-refractivity contribution in [3.05, 3.63) is 60.4 Å². The number of hydrogen-bond donors (Lipinski definition) is 2. The van der Waals surface area contributed by atoms with Crippen molar-refractivity contribution in [2.24, 2.45) is 0 Å². The number of halogens is 3. The molecule has 30 heavy (non-hydrogen) atoms. The van der Waals surface area contributed by atoms with Crippen LogP contribution in [0.5, 0.6) is 0 Å². The van der Waals surface area contributed by atoms with E-state index in [1.54, 1.807) is 6.07 Å². The Labute approximate surface area is 175 Å². The molecular formula is C21H19F3N4OS. The van der Waals surface area contributed by atoms with Gasteiger partial charge in [0.2, 0.25) is 0 Å². The zero-order chi connectivity index (χ0) is 21.1. The Kier molecular flexibility index (Phi) is 5.72. The van der Waals surface area contributed by atoms with E-state index in [-0.39, 0.29) is 22.6 Å². The lowest BCUT2D eigenvalue weighted by molar-refractivity contribution is -0.0328. The van der Waals surface area contributed by atoms with Crippen LogP contribution in [-0.2, 0) is 0 Å². The number of H-pyrrole nitrogens is 1. The number of carbonyl (C=O) groups is 1. The number of nitrogens with one attached hydrogen (secondary N) is 2. The predicted octanol–water partition coefficient (Wildman–Crippen LogP) is 5.54. The SMILES string of the molecule is O=C(Nc1ccc(SC(F)(F)F)cc1)c1cnc(N2CCCC2)c(-c2ccc[nH]2)c1. The molecule has 2 N–H and O–H groups in total. The maximum atomic E-state index is 12.7. The lowest BCUT2D eigenvalue weighted by Crippen LogP contribution is -2.21. The molecule has 1 aliphatic heterocycles. The maximum Gasteiger partial charge on any atom is 0.446 e. The van der Waals surface area contributed by atoms with Crippen molar-refractivity contribution in [2.45, 2.75) is 23.2 Å². The molecular weight excluding hydrogens is 413 g/mol. The van der Waals surface area contributed by atoms with Crippen molar-refractivity contribution in [3.8, 4) is 11.3 Å². The van der Waals surface area contributed by atoms with Gasteiger partial charge in [-0.15, -0.1) is 0 Å². The van der Waals surface area contributed by atoms with E-state index in [1.807, 2.05) is 18.3 Å². The van der Waals surface area contributed by atoms with Crippen LogP contribution in [0, 0.1) is 0 Å². The molecule has 5 nitrogen and oxygen atoms in total. The molecule has 0 unspecified atom stereocenters. The van der Waals surface area contributed by atoms with Crippen LogP contribution in [0.3, 0.4) is 0 Å². The number of benzene rings is 1. The van der Waals surface area contributed by atoms with Crippen molar-refractivity contribution in [1.82, 2.24) is 9.97 Å². The van der Waals surface area contributed by atoms with Crippen LogP contribution >= 0.6 is 11.8 Å². The van der Waals surface area contributed by atoms with Gasteiger partial charge in [0.05, 0.1) is 5.56 Å². The number of alkyl halides is 3. The Morgan fingerprint density at radius 3 is 2.50 bits per heavy atom. The van der Waals surface area contributed by atoms with Gasteiger partial charge in [-0.3, -0.25) is 4.79 Å². The fourth-order valence-electron chi connectivity index (χ4n) is 3.40. The molecule has 9 heteroatoms. The van der Waals surface area contributed by atoms with E-state index in [4.69, 9.17) is 0 Å². The Hall–Kier alpha value is -2.94. The molecule has 0 spiro atoms. The molecule has 156 valence electrons. The first-order valence-corrected chi connectivity index (χ1v) is 10.3. The zero-order valence-electron chi connectivity index (χ0n) is 15.9. The number of carbonyl (C=O) groups excluding carboxylic acids is 1. The molecule has 1 amide bonds. The number of hydrogen-bond acceptors (Lipinski definition) is 4. The van der Waals surface area contributed by atoms with Gasteiger partial charge in [0.25, 0.3) is 5.91 Å². The molecule has 0 radical (unpaired) electrons. The summed E-state index contributed by atoms with van der Waals surface area (Å²) in [5.41, 5.74) is -1.85. The second-order valence-electron chi connectivity index (χ2n) is 6.90. The Bertz CT molecular complexity index is 1010. The average Bonchev–Trinajstić information content (AvgIpc) is 3.42. The molecule has 1 fully saturated rings. The molecule has 1 aliphatic rings. The minimum Gasteiger partial charge on any atom is -0.361 e. The van der Waals surface area contributed by atoms with Gasteiger partial charge in [-0.2, -0.15) is 13.2 Å². The summed E-state index contributed by atoms with van der Waals surface area (Å²) in [6, 6.07) is 11.1. The number of thioether (sulfide) groups is 1. The highest BCUT2D eigenvalue weighted by molar-refractivity contribution is 8.00. The normalized spacial score (nSPS) is 14.2. The van der Waals surface area contributed by atoms with Gasteiger partial charge in [-0.25, -0.2) is 4.98 Å². The van der Waals surface area contributed by atoms with E-state index < -0.39 is 5.51 Å². The Balaban J connectivity index is 1.55. The lowest BCUT2D eigenvalue weighted by atomic mass is 10.1. The van der Waals surface area contributed by atoms with Gasteiger partial charge in [0.15, 0.2) is 0 Å². The van der Waals surface area contributed by atoms with E-state index in [0.717, 1.165) is 43.0 Å². The van der Waals surface area contributed by atoms with Crippen LogP contribution in [0.1, 0.15) is 23.2 Å². The van der Waals surface area contributed by atoms with Crippen molar-refractivity contribution in [3.63, 3.8) is 0 Å². The minimum absolute atomic E-state index is 0.0613. The van der Waals surface area contributed by atoms with Crippen LogP contribution < -0.4 is 10.2 Å². The quantitative estimate of drug-likeness (QED) is 0.520. The Morgan fingerprint density at radius 2 is 1.87 bits per heavy atom. The lowest BCUT2D eigenvalue weighted by Gasteiger charge is -2.20. The van der Waals surface area contributed by atoms with Crippen molar-refractivity contribution in [1.29, 1.82) is 0 Å². The van der Waals surface area contributed by atoms with Gasteiger partial charge >= 0.3 is 5.51 Å². The number of pyridine rings is 1. The summed E-state index contributed by atoms with van der Waals surface area (Å²) in [5.74, 6) is 0.458. The summed E-state index contributed by atoms with van der Waals surface area (Å²) in [6.45, 7) is 1.85. The fraction of sp³-hybridized carbons (Fsp3) is 0.238. The molecule has 4 rings (SSSR count). The molecule has 3 heterocycles. The fourth-order valence-corrected chi connectivity index (χ4v) is 3.94. The highest BCUT2D eigenvalue weighted by Gasteiger charge is 2.29. The smallest absolute Gasteiger partial charge is 0.361 e. The third-order valence-corrected chi connectivity index (χ3v) is 5.51. The minimum atomic E-state index is -4.35. The molecule has 1 aromatic carbocycles. The third kappa shape index (κ3) is 4.79. The van der Waals surface area contributed by atoms with Crippen molar-refractivity contribution >= 4 is 29.2 Å². The van der Waals surface area contributed by atoms with E-state index in [1.165, 1.54) is 30.5 Å². The van der Waals surface area contributed by atoms with Gasteiger partial charge in [-0.1, -0.05) is 0 Å². The van der Waals surface area contributed by atoms with Crippen LogP contribution in [0.4, 0.5) is 24.7 Å². The molecule has 0 bridgehead atoms. The maximum absolute atomic E-state index is 12.7. The molecule has 0 atom stereocenters. The van der Waals surface area contributed by atoms with Crippen molar-refractivity contribution < 1.29 is 18.0 Å². The van der Waals surface area contributed by atoms with E-state index >= 15 is 0 Å². The molecule has 0 saturated carbocycles. The summed E-state index contributed by atoms with van der Waals surface area (Å²) < 4.78 is 37.4. The number of rotatable bonds is 5. The van der Waals surface area contributed by atoms with Gasteiger partial charge in [0, 0.05) is 47.3 Å². The first kappa shape index (κ1) is 20.3. The van der Waals surface area contributed by atoms with Crippen LogP contribution in [-0.4, -0.2) is 34.5 Å². The van der Waals surface area contributed by atoms with Crippen LogP contribution in [0.25, 0.3) is 11.3 Å². The second kappa shape index (κ2) is 8.43. The summed E-state index contributed by atoms with van der Waals surface area (Å²) in [4.78, 5) is 22.7. The number of nitrogens with zero attached hydrogens (tertiary/aromatic N) is 2. The molecule has 3 aromatic rings. The number of aromatic amines is 1. The number of anilines is 2. The summed E-state index contributed by atoms with van der Waals surface area (Å²) >= 11 is -0.192. The van der Waals surface area contributed by atoms with Crippen molar-refractivity contribution in [2.75, 3.05) is 23.3 Å². The molecule has 2 aromatic heterocycles. The number of amides is 1. The summed E-state index contributed by atoms with van der Waals surface area (Å²) in [6.07, 6.45) is 5.56. The van der Waals surface area contributed by atoms with Crippen LogP contribution in [0.15, 0.2) is 59.8 Å². The van der Waals surface area contributed by atoms with Gasteiger partial charge in [-0.05, 0) is 67.1 Å². The standard InChI is InChI=1S/C21H19F3N4OS/c22-21(23,24)30-16-7-5-15(6-8-16)27-20(29)14-12-17(18-4-3-9-25-18)19(26-13-14)28-10-1-2-11-28/h3-9,12-13,25H,1-2,10-11H2,(H,27,29). The van der Waals surface area contributed by atoms with E-state index in [2.05, 4.69) is 20.2 Å². The Morgan fingerprint density at radius 1 is 1.13 bits per heavy atom. The molecule has 0 aliphatic carbocycles. The topological polar surface area (TPSA) is 61.0 Å². The monoisotopic (exact) mass is 432 g/mol. The first-order valence-electron chi connectivity index (χ1n) is 9.45. The average molecular weight is 432 g/mol. The van der Waals surface area contributed by atoms with E-state index in [9.17, 15) is 18.0 Å². The second-order valence-corrected chi connectivity index (χ2v) is 8.04. The van der Waals surface area contributed by atoms with E-state index in [0.29, 0.717) is 11.3 Å². The van der Waals surface area contributed by atoms with Crippen LogP contribution in [0.2, 0.25) is 0 Å². The first-order chi connectivity index (χ1) is 14.4. The predicted molar refractivity (Wildman–Crippen MR) is 112 cm³/mol. The third-order valence-electron chi connectivity index (χ3n) is 4.77. The largest absolute Gasteiger partial charge is 0.446 e. The van der Waals surface area contributed by atoms with Gasteiger partial charge in [0.1, 0.15) is 5.82 Å². The van der Waals surface area contributed by atoms with Gasteiger partial charge < -0.3 is 15.2 Å².